The van der Waals surface area contributed by atoms with Crippen molar-refractivity contribution in [3.8, 4) is 11.3 Å². The summed E-state index contributed by atoms with van der Waals surface area (Å²) in [5.74, 6) is -0.659. The van der Waals surface area contributed by atoms with Gasteiger partial charge in [0.1, 0.15) is 5.82 Å². The number of Topliss-reactive ketones (excluding diaryl/α,β-unsaturated/α-hetero) is 1. The average Bonchev–Trinajstić information content (AvgIpc) is 2.96. The van der Waals surface area contributed by atoms with E-state index < -0.39 is 0 Å². The molecule has 0 radical (unpaired) electrons. The number of nitrogens with zero attached hydrogens (tertiary/aromatic N) is 1. The second-order valence-corrected chi connectivity index (χ2v) is 7.13. The number of amides is 1. The third kappa shape index (κ3) is 4.03. The Morgan fingerprint density at radius 2 is 1.81 bits per heavy atom. The Labute approximate surface area is 154 Å². The maximum absolute atomic E-state index is 13.2. The molecule has 3 aromatic rings. The van der Waals surface area contributed by atoms with Gasteiger partial charge in [0.25, 0.3) is 0 Å². The van der Waals surface area contributed by atoms with E-state index in [0.717, 1.165) is 15.4 Å². The molecule has 0 aliphatic heterocycles. The van der Waals surface area contributed by atoms with Crippen LogP contribution in [0.3, 0.4) is 0 Å². The lowest BCUT2D eigenvalue weighted by molar-refractivity contribution is -0.115. The van der Waals surface area contributed by atoms with Crippen LogP contribution in [-0.2, 0) is 11.2 Å². The fourth-order valence-electron chi connectivity index (χ4n) is 2.66. The number of rotatable bonds is 5. The Bertz CT molecular complexity index is 964. The van der Waals surface area contributed by atoms with Crippen molar-refractivity contribution in [1.29, 1.82) is 0 Å². The minimum absolute atomic E-state index is 0.110. The van der Waals surface area contributed by atoms with Crippen molar-refractivity contribution in [3.63, 3.8) is 0 Å². The Morgan fingerprint density at radius 3 is 2.50 bits per heavy atom. The summed E-state index contributed by atoms with van der Waals surface area (Å²) >= 11 is 1.43. The van der Waals surface area contributed by atoms with Crippen molar-refractivity contribution >= 4 is 28.7 Å². The molecule has 6 heteroatoms. The fourth-order valence-corrected chi connectivity index (χ4v) is 3.62. The zero-order valence-electron chi connectivity index (χ0n) is 14.4. The van der Waals surface area contributed by atoms with E-state index in [0.29, 0.717) is 16.9 Å². The average molecular weight is 368 g/mol. The van der Waals surface area contributed by atoms with Gasteiger partial charge in [0.05, 0.1) is 22.8 Å². The number of thiazole rings is 1. The minimum atomic E-state index is -0.319. The van der Waals surface area contributed by atoms with Gasteiger partial charge in [0.2, 0.25) is 5.91 Å². The van der Waals surface area contributed by atoms with Crippen molar-refractivity contribution in [3.05, 3.63) is 69.8 Å². The second kappa shape index (κ2) is 7.58. The van der Waals surface area contributed by atoms with E-state index in [1.807, 2.05) is 6.92 Å². The molecule has 0 aliphatic carbocycles. The zero-order valence-corrected chi connectivity index (χ0v) is 15.2. The standard InChI is InChI=1S/C20H17FN2O2S/c1-12(24)16-5-3-4-6-17(16)23-19(25)11-18-20(22-13(2)26-18)14-7-9-15(21)10-8-14/h3-10H,11H2,1-2H3,(H,23,25). The van der Waals surface area contributed by atoms with Gasteiger partial charge in [-0.2, -0.15) is 0 Å². The first-order valence-corrected chi connectivity index (χ1v) is 8.88. The summed E-state index contributed by atoms with van der Waals surface area (Å²) in [5.41, 5.74) is 2.42. The van der Waals surface area contributed by atoms with Crippen LogP contribution in [0.2, 0.25) is 0 Å². The molecule has 0 aliphatic rings. The van der Waals surface area contributed by atoms with Gasteiger partial charge < -0.3 is 5.32 Å². The first kappa shape index (κ1) is 17.9. The van der Waals surface area contributed by atoms with E-state index in [1.54, 1.807) is 36.4 Å². The Morgan fingerprint density at radius 1 is 1.12 bits per heavy atom. The van der Waals surface area contributed by atoms with Crippen LogP contribution in [0.5, 0.6) is 0 Å². The quantitative estimate of drug-likeness (QED) is 0.668. The maximum Gasteiger partial charge on any atom is 0.229 e. The SMILES string of the molecule is CC(=O)c1ccccc1NC(=O)Cc1sc(C)nc1-c1ccc(F)cc1. The molecule has 4 nitrogen and oxygen atoms in total. The minimum Gasteiger partial charge on any atom is -0.325 e. The van der Waals surface area contributed by atoms with Gasteiger partial charge in [0, 0.05) is 16.0 Å². The maximum atomic E-state index is 13.2. The van der Waals surface area contributed by atoms with Crippen molar-refractivity contribution in [2.75, 3.05) is 5.32 Å². The van der Waals surface area contributed by atoms with Gasteiger partial charge in [0.15, 0.2) is 5.78 Å². The van der Waals surface area contributed by atoms with E-state index in [2.05, 4.69) is 10.3 Å². The number of aryl methyl sites for hydroxylation is 1. The van der Waals surface area contributed by atoms with Gasteiger partial charge in [-0.15, -0.1) is 11.3 Å². The summed E-state index contributed by atoms with van der Waals surface area (Å²) in [6.45, 7) is 3.33. The van der Waals surface area contributed by atoms with Crippen LogP contribution in [0.15, 0.2) is 48.5 Å². The number of para-hydroxylation sites is 1. The van der Waals surface area contributed by atoms with Crippen molar-refractivity contribution in [2.45, 2.75) is 20.3 Å². The van der Waals surface area contributed by atoms with E-state index in [1.165, 1.54) is 30.4 Å². The first-order valence-electron chi connectivity index (χ1n) is 8.06. The third-order valence-electron chi connectivity index (χ3n) is 3.82. The fraction of sp³-hybridized carbons (Fsp3) is 0.150. The van der Waals surface area contributed by atoms with Crippen LogP contribution >= 0.6 is 11.3 Å². The highest BCUT2D eigenvalue weighted by molar-refractivity contribution is 7.12. The van der Waals surface area contributed by atoms with Gasteiger partial charge in [-0.25, -0.2) is 9.37 Å². The molecular formula is C20H17FN2O2S. The molecule has 0 saturated carbocycles. The van der Waals surface area contributed by atoms with E-state index in [9.17, 15) is 14.0 Å². The molecule has 0 unspecified atom stereocenters. The molecule has 0 spiro atoms. The number of benzene rings is 2. The highest BCUT2D eigenvalue weighted by atomic mass is 32.1. The number of hydrogen-bond acceptors (Lipinski definition) is 4. The van der Waals surface area contributed by atoms with E-state index >= 15 is 0 Å². The number of hydrogen-bond donors (Lipinski definition) is 1. The van der Waals surface area contributed by atoms with Gasteiger partial charge in [-0.3, -0.25) is 9.59 Å². The Balaban J connectivity index is 1.83. The van der Waals surface area contributed by atoms with Gasteiger partial charge >= 0.3 is 0 Å². The molecule has 1 N–H and O–H groups in total. The van der Waals surface area contributed by atoms with E-state index in [4.69, 9.17) is 0 Å². The first-order chi connectivity index (χ1) is 12.4. The number of nitrogens with one attached hydrogen (secondary N) is 1. The summed E-state index contributed by atoms with van der Waals surface area (Å²) in [5, 5.41) is 3.63. The molecule has 1 aromatic heterocycles. The Kier molecular flexibility index (Phi) is 5.23. The zero-order chi connectivity index (χ0) is 18.7. The van der Waals surface area contributed by atoms with Gasteiger partial charge in [-0.1, -0.05) is 12.1 Å². The summed E-state index contributed by atoms with van der Waals surface area (Å²) in [4.78, 5) is 29.5. The normalized spacial score (nSPS) is 10.6. The predicted octanol–water partition coefficient (Wildman–Crippen LogP) is 4.64. The largest absolute Gasteiger partial charge is 0.325 e. The molecule has 0 bridgehead atoms. The lowest BCUT2D eigenvalue weighted by Crippen LogP contribution is -2.16. The van der Waals surface area contributed by atoms with Crippen molar-refractivity contribution in [2.24, 2.45) is 0 Å². The number of ketones is 1. The summed E-state index contributed by atoms with van der Waals surface area (Å²) in [6.07, 6.45) is 0.129. The number of anilines is 1. The molecule has 0 saturated heterocycles. The molecule has 0 fully saturated rings. The summed E-state index contributed by atoms with van der Waals surface area (Å²) in [7, 11) is 0. The van der Waals surface area contributed by atoms with Crippen LogP contribution in [0.1, 0.15) is 27.2 Å². The Hall–Kier alpha value is -2.86. The monoisotopic (exact) mass is 368 g/mol. The van der Waals surface area contributed by atoms with Crippen LogP contribution in [0.4, 0.5) is 10.1 Å². The lowest BCUT2D eigenvalue weighted by Gasteiger charge is -2.09. The van der Waals surface area contributed by atoms with Crippen LogP contribution in [0.25, 0.3) is 11.3 Å². The van der Waals surface area contributed by atoms with Crippen molar-refractivity contribution < 1.29 is 14.0 Å². The molecule has 26 heavy (non-hydrogen) atoms. The smallest absolute Gasteiger partial charge is 0.229 e. The van der Waals surface area contributed by atoms with Crippen LogP contribution in [-0.4, -0.2) is 16.7 Å². The summed E-state index contributed by atoms with van der Waals surface area (Å²) in [6, 6.07) is 12.9. The topological polar surface area (TPSA) is 59.1 Å². The lowest BCUT2D eigenvalue weighted by atomic mass is 10.1. The molecule has 1 heterocycles. The molecular weight excluding hydrogens is 351 g/mol. The molecule has 2 aromatic carbocycles. The second-order valence-electron chi connectivity index (χ2n) is 5.84. The highest BCUT2D eigenvalue weighted by Crippen LogP contribution is 2.29. The number of carbonyl (C=O) groups is 2. The van der Waals surface area contributed by atoms with Crippen molar-refractivity contribution in [1.82, 2.24) is 4.98 Å². The molecule has 3 rings (SSSR count). The predicted molar refractivity (Wildman–Crippen MR) is 101 cm³/mol. The third-order valence-corrected chi connectivity index (χ3v) is 4.79. The molecule has 0 atom stereocenters. The van der Waals surface area contributed by atoms with E-state index in [-0.39, 0.29) is 23.9 Å². The number of halogens is 1. The summed E-state index contributed by atoms with van der Waals surface area (Å²) < 4.78 is 13.2. The molecule has 1 amide bonds. The van der Waals surface area contributed by atoms with Gasteiger partial charge in [-0.05, 0) is 50.2 Å². The van der Waals surface area contributed by atoms with Crippen LogP contribution < -0.4 is 5.32 Å². The molecule has 132 valence electrons. The number of aromatic nitrogens is 1. The van der Waals surface area contributed by atoms with Crippen LogP contribution in [0, 0.1) is 12.7 Å². The highest BCUT2D eigenvalue weighted by Gasteiger charge is 2.16. The number of carbonyl (C=O) groups excluding carboxylic acids is 2.